The molecule has 0 bridgehead atoms. The second kappa shape index (κ2) is 7.70. The van der Waals surface area contributed by atoms with Crippen LogP contribution in [0.15, 0.2) is 12.3 Å². The molecule has 0 amide bonds. The lowest BCUT2D eigenvalue weighted by molar-refractivity contribution is 0.0697. The lowest BCUT2D eigenvalue weighted by Gasteiger charge is -2.17. The van der Waals surface area contributed by atoms with E-state index in [-0.39, 0.29) is 5.56 Å². The quantitative estimate of drug-likeness (QED) is 0.734. The van der Waals surface area contributed by atoms with Gasteiger partial charge in [0.15, 0.2) is 0 Å². The first-order valence-corrected chi connectivity index (χ1v) is 6.16. The summed E-state index contributed by atoms with van der Waals surface area (Å²) in [5, 5.41) is 12.2. The van der Waals surface area contributed by atoms with Gasteiger partial charge in [-0.3, -0.25) is 0 Å². The van der Waals surface area contributed by atoms with E-state index in [1.807, 2.05) is 7.05 Å². The number of aromatic nitrogens is 1. The summed E-state index contributed by atoms with van der Waals surface area (Å²) in [5.74, 6) is -0.534. The number of hydrogen-bond donors (Lipinski definition) is 2. The molecule has 0 aliphatic carbocycles. The maximum Gasteiger partial charge on any atom is 0.339 e. The SMILES string of the molecule is COCCN(C)CCNc1nccc(C)c1C(=O)O. The standard InChI is InChI=1S/C13H21N3O3/c1-10-4-5-14-12(11(10)13(17)18)15-6-7-16(2)8-9-19-3/h4-5H,6-9H2,1-3H3,(H,14,15)(H,17,18). The van der Waals surface area contributed by atoms with Crippen molar-refractivity contribution in [3.05, 3.63) is 23.4 Å². The third-order valence-electron chi connectivity index (χ3n) is 2.84. The molecule has 0 spiro atoms. The first-order valence-electron chi connectivity index (χ1n) is 6.16. The normalized spacial score (nSPS) is 10.7. The molecule has 0 saturated carbocycles. The van der Waals surface area contributed by atoms with Gasteiger partial charge in [-0.15, -0.1) is 0 Å². The van der Waals surface area contributed by atoms with E-state index in [1.54, 1.807) is 26.3 Å². The summed E-state index contributed by atoms with van der Waals surface area (Å²) < 4.78 is 4.99. The zero-order valence-electron chi connectivity index (χ0n) is 11.6. The van der Waals surface area contributed by atoms with Crippen molar-refractivity contribution >= 4 is 11.8 Å². The molecule has 1 aromatic heterocycles. The zero-order valence-corrected chi connectivity index (χ0v) is 11.6. The highest BCUT2D eigenvalue weighted by Gasteiger charge is 2.13. The summed E-state index contributed by atoms with van der Waals surface area (Å²) in [4.78, 5) is 17.4. The number of hydrogen-bond acceptors (Lipinski definition) is 5. The Balaban J connectivity index is 2.54. The van der Waals surface area contributed by atoms with Crippen LogP contribution in [0, 0.1) is 6.92 Å². The van der Waals surface area contributed by atoms with Gasteiger partial charge in [-0.05, 0) is 25.6 Å². The Morgan fingerprint density at radius 2 is 2.26 bits per heavy atom. The summed E-state index contributed by atoms with van der Waals surface area (Å²) in [6.45, 7) is 4.71. The molecule has 6 heteroatoms. The van der Waals surface area contributed by atoms with Crippen LogP contribution in [0.5, 0.6) is 0 Å². The second-order valence-corrected chi connectivity index (χ2v) is 4.38. The molecular weight excluding hydrogens is 246 g/mol. The van der Waals surface area contributed by atoms with Gasteiger partial charge in [0, 0.05) is 32.9 Å². The van der Waals surface area contributed by atoms with Gasteiger partial charge >= 0.3 is 5.97 Å². The minimum atomic E-state index is -0.958. The number of carboxylic acids is 1. The maximum absolute atomic E-state index is 11.2. The third kappa shape index (κ3) is 4.84. The number of aryl methyl sites for hydroxylation is 1. The molecule has 0 atom stereocenters. The molecule has 1 rings (SSSR count). The van der Waals surface area contributed by atoms with E-state index in [4.69, 9.17) is 9.84 Å². The third-order valence-corrected chi connectivity index (χ3v) is 2.84. The second-order valence-electron chi connectivity index (χ2n) is 4.38. The van der Waals surface area contributed by atoms with E-state index >= 15 is 0 Å². The van der Waals surface area contributed by atoms with Crippen LogP contribution in [0.2, 0.25) is 0 Å². The summed E-state index contributed by atoms with van der Waals surface area (Å²) in [6, 6.07) is 1.69. The first kappa shape index (κ1) is 15.4. The molecule has 0 aromatic carbocycles. The van der Waals surface area contributed by atoms with E-state index in [0.29, 0.717) is 24.5 Å². The molecule has 0 aliphatic heterocycles. The Morgan fingerprint density at radius 3 is 2.89 bits per heavy atom. The van der Waals surface area contributed by atoms with Gasteiger partial charge in [0.25, 0.3) is 0 Å². The highest BCUT2D eigenvalue weighted by molar-refractivity contribution is 5.94. The van der Waals surface area contributed by atoms with E-state index in [1.165, 1.54) is 0 Å². The number of pyridine rings is 1. The summed E-state index contributed by atoms with van der Waals surface area (Å²) >= 11 is 0. The van der Waals surface area contributed by atoms with Crippen LogP contribution in [0.3, 0.4) is 0 Å². The molecule has 0 radical (unpaired) electrons. The number of ether oxygens (including phenoxy) is 1. The van der Waals surface area contributed by atoms with Gasteiger partial charge in [0.2, 0.25) is 0 Å². The maximum atomic E-state index is 11.2. The predicted octanol–water partition coefficient (Wildman–Crippen LogP) is 1.08. The minimum Gasteiger partial charge on any atom is -0.478 e. The Kier molecular flexibility index (Phi) is 6.24. The van der Waals surface area contributed by atoms with Crippen molar-refractivity contribution in [1.82, 2.24) is 9.88 Å². The highest BCUT2D eigenvalue weighted by Crippen LogP contribution is 2.16. The number of aromatic carboxylic acids is 1. The molecule has 0 unspecified atom stereocenters. The van der Waals surface area contributed by atoms with E-state index in [0.717, 1.165) is 13.1 Å². The van der Waals surface area contributed by atoms with Crippen LogP contribution in [0.25, 0.3) is 0 Å². The van der Waals surface area contributed by atoms with Gasteiger partial charge < -0.3 is 20.1 Å². The van der Waals surface area contributed by atoms with Crippen molar-refractivity contribution in [2.24, 2.45) is 0 Å². The molecule has 2 N–H and O–H groups in total. The monoisotopic (exact) mass is 267 g/mol. The van der Waals surface area contributed by atoms with Gasteiger partial charge in [0.05, 0.1) is 6.61 Å². The number of likely N-dealkylation sites (N-methyl/N-ethyl adjacent to an activating group) is 1. The molecule has 0 fully saturated rings. The lowest BCUT2D eigenvalue weighted by atomic mass is 10.1. The van der Waals surface area contributed by atoms with E-state index in [9.17, 15) is 4.79 Å². The van der Waals surface area contributed by atoms with E-state index in [2.05, 4.69) is 15.2 Å². The van der Waals surface area contributed by atoms with Crippen LogP contribution in [-0.4, -0.2) is 61.4 Å². The summed E-state index contributed by atoms with van der Waals surface area (Å²) in [7, 11) is 3.66. The highest BCUT2D eigenvalue weighted by atomic mass is 16.5. The van der Waals surface area contributed by atoms with Crippen molar-refractivity contribution < 1.29 is 14.6 Å². The van der Waals surface area contributed by atoms with Crippen LogP contribution in [0.1, 0.15) is 15.9 Å². The Labute approximate surface area is 113 Å². The molecule has 1 aromatic rings. The topological polar surface area (TPSA) is 74.7 Å². The molecule has 6 nitrogen and oxygen atoms in total. The smallest absolute Gasteiger partial charge is 0.339 e. The number of carboxylic acid groups (broad SMARTS) is 1. The minimum absolute atomic E-state index is 0.238. The number of anilines is 1. The molecule has 106 valence electrons. The number of methoxy groups -OCH3 is 1. The van der Waals surface area contributed by atoms with Crippen molar-refractivity contribution in [3.63, 3.8) is 0 Å². The molecule has 1 heterocycles. The largest absolute Gasteiger partial charge is 0.478 e. The average Bonchev–Trinajstić information content (AvgIpc) is 2.36. The number of carbonyl (C=O) groups is 1. The Morgan fingerprint density at radius 1 is 1.53 bits per heavy atom. The van der Waals surface area contributed by atoms with Crippen LogP contribution < -0.4 is 5.32 Å². The van der Waals surface area contributed by atoms with Crippen molar-refractivity contribution in [1.29, 1.82) is 0 Å². The summed E-state index contributed by atoms with van der Waals surface area (Å²) in [5.41, 5.74) is 0.944. The Bertz CT molecular complexity index is 424. The average molecular weight is 267 g/mol. The van der Waals surface area contributed by atoms with Crippen LogP contribution >= 0.6 is 0 Å². The fourth-order valence-electron chi connectivity index (χ4n) is 1.69. The lowest BCUT2D eigenvalue weighted by Crippen LogP contribution is -2.28. The van der Waals surface area contributed by atoms with Crippen LogP contribution in [-0.2, 0) is 4.74 Å². The fraction of sp³-hybridized carbons (Fsp3) is 0.538. The number of nitrogens with zero attached hydrogens (tertiary/aromatic N) is 2. The van der Waals surface area contributed by atoms with E-state index < -0.39 is 5.97 Å². The fourth-order valence-corrected chi connectivity index (χ4v) is 1.69. The molecule has 0 aliphatic rings. The Hall–Kier alpha value is -1.66. The van der Waals surface area contributed by atoms with Crippen LogP contribution in [0.4, 0.5) is 5.82 Å². The van der Waals surface area contributed by atoms with Gasteiger partial charge in [-0.1, -0.05) is 0 Å². The summed E-state index contributed by atoms with van der Waals surface area (Å²) in [6.07, 6.45) is 1.61. The van der Waals surface area contributed by atoms with Crippen molar-refractivity contribution in [2.75, 3.05) is 45.7 Å². The first-order chi connectivity index (χ1) is 9.06. The molecular formula is C13H21N3O3. The number of nitrogens with one attached hydrogen (secondary N) is 1. The van der Waals surface area contributed by atoms with Gasteiger partial charge in [-0.2, -0.15) is 0 Å². The molecule has 0 saturated heterocycles. The van der Waals surface area contributed by atoms with Crippen molar-refractivity contribution in [2.45, 2.75) is 6.92 Å². The van der Waals surface area contributed by atoms with Gasteiger partial charge in [-0.25, -0.2) is 9.78 Å². The zero-order chi connectivity index (χ0) is 14.3. The predicted molar refractivity (Wildman–Crippen MR) is 73.8 cm³/mol. The number of rotatable bonds is 8. The van der Waals surface area contributed by atoms with Crippen molar-refractivity contribution in [3.8, 4) is 0 Å². The molecule has 19 heavy (non-hydrogen) atoms. The van der Waals surface area contributed by atoms with Gasteiger partial charge in [0.1, 0.15) is 11.4 Å².